The molecule has 5 heteroatoms. The number of aliphatic carboxylic acids is 1. The second-order valence-corrected chi connectivity index (χ2v) is 4.02. The maximum absolute atomic E-state index is 13.4. The first-order valence-electron chi connectivity index (χ1n) is 5.55. The Morgan fingerprint density at radius 1 is 1.28 bits per heavy atom. The number of rotatable bonds is 5. The number of hydrogen-bond acceptors (Lipinski definition) is 3. The molecule has 0 fully saturated rings. The van der Waals surface area contributed by atoms with E-state index in [0.29, 0.717) is 22.6 Å². The highest BCUT2D eigenvalue weighted by Crippen LogP contribution is 2.39. The molecule has 18 heavy (non-hydrogen) atoms. The van der Waals surface area contributed by atoms with Gasteiger partial charge in [0.2, 0.25) is 0 Å². The average Bonchev–Trinajstić information content (AvgIpc) is 2.35. The molecule has 2 unspecified atom stereocenters. The average molecular weight is 256 g/mol. The molecule has 0 saturated carbocycles. The van der Waals surface area contributed by atoms with Gasteiger partial charge in [0.15, 0.2) is 11.5 Å². The maximum Gasteiger partial charge on any atom is 0.310 e. The third kappa shape index (κ3) is 2.72. The molecule has 0 radical (unpaired) electrons. The van der Waals surface area contributed by atoms with Crippen LogP contribution in [-0.2, 0) is 4.79 Å². The fourth-order valence-corrected chi connectivity index (χ4v) is 1.70. The lowest BCUT2D eigenvalue weighted by atomic mass is 9.96. The first-order chi connectivity index (χ1) is 8.42. The quantitative estimate of drug-likeness (QED) is 0.880. The molecule has 0 amide bonds. The number of carbonyl (C=O) groups is 1. The third-order valence-electron chi connectivity index (χ3n) is 2.83. The Morgan fingerprint density at radius 3 is 2.28 bits per heavy atom. The number of carboxylic acid groups (broad SMARTS) is 1. The van der Waals surface area contributed by atoms with Crippen molar-refractivity contribution >= 4 is 5.97 Å². The van der Waals surface area contributed by atoms with Crippen molar-refractivity contribution < 1.29 is 23.8 Å². The smallest absolute Gasteiger partial charge is 0.310 e. The summed E-state index contributed by atoms with van der Waals surface area (Å²) in [4.78, 5) is 11.1. The van der Waals surface area contributed by atoms with Crippen LogP contribution in [-0.4, -0.2) is 25.3 Å². The molecule has 0 bridgehead atoms. The minimum Gasteiger partial charge on any atom is -0.493 e. The van der Waals surface area contributed by atoms with Crippen molar-refractivity contribution in [1.82, 2.24) is 0 Å². The molecular weight excluding hydrogens is 239 g/mol. The predicted octanol–water partition coefficient (Wildman–Crippen LogP) is 2.92. The van der Waals surface area contributed by atoms with Gasteiger partial charge < -0.3 is 14.6 Å². The zero-order valence-corrected chi connectivity index (χ0v) is 10.9. The molecule has 0 heterocycles. The Labute approximate surface area is 105 Å². The van der Waals surface area contributed by atoms with E-state index in [9.17, 15) is 9.18 Å². The Morgan fingerprint density at radius 2 is 1.89 bits per heavy atom. The van der Waals surface area contributed by atoms with E-state index in [-0.39, 0.29) is 0 Å². The molecule has 0 spiro atoms. The summed E-state index contributed by atoms with van der Waals surface area (Å²) in [6.45, 7) is 2.91. The number of ether oxygens (including phenoxy) is 2. The maximum atomic E-state index is 13.4. The van der Waals surface area contributed by atoms with Gasteiger partial charge in [-0.2, -0.15) is 0 Å². The molecule has 0 aliphatic rings. The number of carboxylic acids is 1. The number of benzene rings is 1. The SMILES string of the molecule is COc1cc(C(C)F)cc(C(C)C(=O)O)c1OC. The van der Waals surface area contributed by atoms with Gasteiger partial charge in [-0.3, -0.25) is 4.79 Å². The van der Waals surface area contributed by atoms with E-state index in [1.165, 1.54) is 40.2 Å². The zero-order chi connectivity index (χ0) is 13.9. The van der Waals surface area contributed by atoms with E-state index < -0.39 is 18.1 Å². The van der Waals surface area contributed by atoms with Crippen LogP contribution in [0.1, 0.15) is 37.1 Å². The molecule has 0 aliphatic carbocycles. The van der Waals surface area contributed by atoms with Crippen molar-refractivity contribution in [2.75, 3.05) is 14.2 Å². The lowest BCUT2D eigenvalue weighted by molar-refractivity contribution is -0.138. The van der Waals surface area contributed by atoms with E-state index in [2.05, 4.69) is 0 Å². The van der Waals surface area contributed by atoms with Crippen LogP contribution in [0.25, 0.3) is 0 Å². The van der Waals surface area contributed by atoms with Crippen LogP contribution in [0.5, 0.6) is 11.5 Å². The Bertz CT molecular complexity index is 443. The van der Waals surface area contributed by atoms with E-state index in [0.717, 1.165) is 0 Å². The van der Waals surface area contributed by atoms with Gasteiger partial charge in [0, 0.05) is 5.56 Å². The Hall–Kier alpha value is -1.78. The largest absolute Gasteiger partial charge is 0.493 e. The predicted molar refractivity (Wildman–Crippen MR) is 65.1 cm³/mol. The second-order valence-electron chi connectivity index (χ2n) is 4.02. The zero-order valence-electron chi connectivity index (χ0n) is 10.9. The fourth-order valence-electron chi connectivity index (χ4n) is 1.70. The van der Waals surface area contributed by atoms with E-state index in [1.807, 2.05) is 0 Å². The van der Waals surface area contributed by atoms with E-state index >= 15 is 0 Å². The van der Waals surface area contributed by atoms with Crippen molar-refractivity contribution in [3.63, 3.8) is 0 Å². The monoisotopic (exact) mass is 256 g/mol. The molecular formula is C13H17FO4. The normalized spacial score (nSPS) is 13.8. The van der Waals surface area contributed by atoms with Crippen molar-refractivity contribution in [3.05, 3.63) is 23.3 Å². The lowest BCUT2D eigenvalue weighted by Crippen LogP contribution is -2.10. The molecule has 0 aliphatic heterocycles. The molecule has 0 saturated heterocycles. The highest BCUT2D eigenvalue weighted by atomic mass is 19.1. The molecule has 1 aromatic rings. The molecule has 1 aromatic carbocycles. The van der Waals surface area contributed by atoms with Crippen LogP contribution < -0.4 is 9.47 Å². The topological polar surface area (TPSA) is 55.8 Å². The van der Waals surface area contributed by atoms with Crippen molar-refractivity contribution in [2.24, 2.45) is 0 Å². The van der Waals surface area contributed by atoms with Gasteiger partial charge in [0.05, 0.1) is 20.1 Å². The van der Waals surface area contributed by atoms with Crippen molar-refractivity contribution in [1.29, 1.82) is 0 Å². The van der Waals surface area contributed by atoms with Gasteiger partial charge in [-0.05, 0) is 31.5 Å². The summed E-state index contributed by atoms with van der Waals surface area (Å²) in [7, 11) is 2.86. The number of hydrogen-bond donors (Lipinski definition) is 1. The molecule has 100 valence electrons. The molecule has 1 rings (SSSR count). The molecule has 4 nitrogen and oxygen atoms in total. The van der Waals surface area contributed by atoms with Crippen LogP contribution in [0.4, 0.5) is 4.39 Å². The van der Waals surface area contributed by atoms with Gasteiger partial charge in [-0.25, -0.2) is 4.39 Å². The number of halogens is 1. The van der Waals surface area contributed by atoms with Gasteiger partial charge in [0.1, 0.15) is 6.17 Å². The Kier molecular flexibility index (Phi) is 4.53. The first kappa shape index (κ1) is 14.3. The van der Waals surface area contributed by atoms with Gasteiger partial charge in [-0.1, -0.05) is 0 Å². The minimum absolute atomic E-state index is 0.330. The summed E-state index contributed by atoms with van der Waals surface area (Å²) in [6.07, 6.45) is -1.20. The van der Waals surface area contributed by atoms with Crippen LogP contribution in [0.15, 0.2) is 12.1 Å². The third-order valence-corrected chi connectivity index (χ3v) is 2.83. The molecule has 2 atom stereocenters. The summed E-state index contributed by atoms with van der Waals surface area (Å²) in [5.74, 6) is -1.13. The van der Waals surface area contributed by atoms with Gasteiger partial charge >= 0.3 is 5.97 Å². The van der Waals surface area contributed by atoms with Crippen LogP contribution >= 0.6 is 0 Å². The van der Waals surface area contributed by atoms with E-state index in [1.54, 1.807) is 0 Å². The summed E-state index contributed by atoms with van der Waals surface area (Å²) in [5, 5.41) is 9.06. The molecule has 0 aromatic heterocycles. The van der Waals surface area contributed by atoms with Gasteiger partial charge in [0.25, 0.3) is 0 Å². The summed E-state index contributed by atoms with van der Waals surface area (Å²) in [6, 6.07) is 3.02. The number of alkyl halides is 1. The fraction of sp³-hybridized carbons (Fsp3) is 0.462. The van der Waals surface area contributed by atoms with Crippen LogP contribution in [0.3, 0.4) is 0 Å². The summed E-state index contributed by atoms with van der Waals surface area (Å²) < 4.78 is 23.7. The molecule has 1 N–H and O–H groups in total. The second kappa shape index (κ2) is 5.71. The summed E-state index contributed by atoms with van der Waals surface area (Å²) >= 11 is 0. The highest BCUT2D eigenvalue weighted by Gasteiger charge is 2.23. The van der Waals surface area contributed by atoms with Gasteiger partial charge in [-0.15, -0.1) is 0 Å². The van der Waals surface area contributed by atoms with Crippen LogP contribution in [0.2, 0.25) is 0 Å². The van der Waals surface area contributed by atoms with Crippen molar-refractivity contribution in [3.8, 4) is 11.5 Å². The lowest BCUT2D eigenvalue weighted by Gasteiger charge is -2.17. The first-order valence-corrected chi connectivity index (χ1v) is 5.55. The van der Waals surface area contributed by atoms with E-state index in [4.69, 9.17) is 14.6 Å². The van der Waals surface area contributed by atoms with Crippen LogP contribution in [0, 0.1) is 0 Å². The minimum atomic E-state index is -1.20. The number of methoxy groups -OCH3 is 2. The van der Waals surface area contributed by atoms with Crippen molar-refractivity contribution in [2.45, 2.75) is 25.9 Å². The highest BCUT2D eigenvalue weighted by molar-refractivity contribution is 5.77. The standard InChI is InChI=1S/C13H17FO4/c1-7(13(15)16)10-5-9(8(2)14)6-11(17-3)12(10)18-4/h5-8H,1-4H3,(H,15,16). The summed E-state index contributed by atoms with van der Waals surface area (Å²) in [5.41, 5.74) is 0.777. The Balaban J connectivity index is 3.44.